The molecule has 1 N–H and O–H groups in total. The van der Waals surface area contributed by atoms with Gasteiger partial charge in [0.25, 0.3) is 5.78 Å². The molecule has 0 aliphatic carbocycles. The number of hydrogen-bond donors (Lipinski definition) is 1. The zero-order valence-electron chi connectivity index (χ0n) is 13.9. The van der Waals surface area contributed by atoms with E-state index in [2.05, 4.69) is 20.4 Å². The Bertz CT molecular complexity index is 855. The van der Waals surface area contributed by atoms with Gasteiger partial charge in [0.2, 0.25) is 11.8 Å². The maximum absolute atomic E-state index is 11.7. The summed E-state index contributed by atoms with van der Waals surface area (Å²) in [5, 5.41) is 6.97. The number of aryl methyl sites for hydroxylation is 1. The summed E-state index contributed by atoms with van der Waals surface area (Å²) in [6, 6.07) is 9.04. The Labute approximate surface area is 139 Å². The van der Waals surface area contributed by atoms with Crippen molar-refractivity contribution in [2.24, 2.45) is 5.92 Å². The first kappa shape index (κ1) is 15.9. The highest BCUT2D eigenvalue weighted by atomic mass is 16.5. The normalized spacial score (nSPS) is 11.0. The molecule has 7 nitrogen and oxygen atoms in total. The highest BCUT2D eigenvalue weighted by Gasteiger charge is 2.10. The molecule has 0 saturated carbocycles. The van der Waals surface area contributed by atoms with E-state index in [9.17, 15) is 4.79 Å². The summed E-state index contributed by atoms with van der Waals surface area (Å²) in [5.41, 5.74) is 1.61. The van der Waals surface area contributed by atoms with Crippen LogP contribution >= 0.6 is 0 Å². The molecular formula is C17H19N5O2. The SMILES string of the molecule is CCc1cc(Oc2ccc(NC(=O)C(C)C)cc2)n2ncnc2n1. The Balaban J connectivity index is 1.81. The number of carbonyl (C=O) groups is 1. The standard InChI is InChI=1S/C17H19N5O2/c1-4-12-9-15(22-17(21-12)18-10-19-22)24-14-7-5-13(6-8-14)20-16(23)11(2)3/h5-11H,4H2,1-3H3,(H,20,23). The van der Waals surface area contributed by atoms with Crippen LogP contribution in [0.25, 0.3) is 5.78 Å². The summed E-state index contributed by atoms with van der Waals surface area (Å²) in [6.07, 6.45) is 2.22. The first-order chi connectivity index (χ1) is 11.6. The molecule has 0 saturated heterocycles. The van der Waals surface area contributed by atoms with Crippen LogP contribution in [0, 0.1) is 5.92 Å². The van der Waals surface area contributed by atoms with Crippen molar-refractivity contribution in [3.8, 4) is 11.6 Å². The van der Waals surface area contributed by atoms with Gasteiger partial charge in [-0.05, 0) is 30.7 Å². The van der Waals surface area contributed by atoms with Crippen LogP contribution in [0.15, 0.2) is 36.7 Å². The summed E-state index contributed by atoms with van der Waals surface area (Å²) in [5.74, 6) is 1.61. The molecule has 3 aromatic rings. The predicted octanol–water partition coefficient (Wildman–Crippen LogP) is 3.07. The van der Waals surface area contributed by atoms with Crippen LogP contribution in [-0.4, -0.2) is 25.5 Å². The maximum atomic E-state index is 11.7. The van der Waals surface area contributed by atoms with E-state index in [1.54, 1.807) is 28.8 Å². The molecule has 2 aromatic heterocycles. The van der Waals surface area contributed by atoms with Gasteiger partial charge < -0.3 is 10.1 Å². The van der Waals surface area contributed by atoms with Gasteiger partial charge in [-0.1, -0.05) is 20.8 Å². The quantitative estimate of drug-likeness (QED) is 0.779. The Morgan fingerprint density at radius 2 is 2.04 bits per heavy atom. The minimum Gasteiger partial charge on any atom is -0.439 e. The molecule has 0 spiro atoms. The summed E-state index contributed by atoms with van der Waals surface area (Å²) >= 11 is 0. The molecule has 24 heavy (non-hydrogen) atoms. The van der Waals surface area contributed by atoms with Crippen LogP contribution in [0.3, 0.4) is 0 Å². The van der Waals surface area contributed by atoms with E-state index in [1.165, 1.54) is 6.33 Å². The second-order valence-corrected chi connectivity index (χ2v) is 5.68. The molecule has 0 atom stereocenters. The number of carbonyl (C=O) groups excluding carboxylic acids is 1. The van der Waals surface area contributed by atoms with E-state index in [-0.39, 0.29) is 11.8 Å². The van der Waals surface area contributed by atoms with Crippen LogP contribution in [-0.2, 0) is 11.2 Å². The number of ether oxygens (including phenoxy) is 1. The number of fused-ring (bicyclic) bond motifs is 1. The van der Waals surface area contributed by atoms with Crippen molar-refractivity contribution in [3.05, 3.63) is 42.4 Å². The summed E-state index contributed by atoms with van der Waals surface area (Å²) in [4.78, 5) is 20.2. The number of hydrogen-bond acceptors (Lipinski definition) is 5. The van der Waals surface area contributed by atoms with Crippen molar-refractivity contribution in [2.75, 3.05) is 5.32 Å². The second kappa shape index (κ2) is 6.66. The van der Waals surface area contributed by atoms with Crippen molar-refractivity contribution in [1.82, 2.24) is 19.6 Å². The Morgan fingerprint density at radius 1 is 1.29 bits per heavy atom. The van der Waals surface area contributed by atoms with Crippen molar-refractivity contribution in [2.45, 2.75) is 27.2 Å². The lowest BCUT2D eigenvalue weighted by atomic mass is 10.2. The minimum atomic E-state index is -0.0641. The Morgan fingerprint density at radius 3 is 2.71 bits per heavy atom. The van der Waals surface area contributed by atoms with Gasteiger partial charge in [0, 0.05) is 23.4 Å². The zero-order valence-corrected chi connectivity index (χ0v) is 13.9. The molecule has 2 heterocycles. The molecule has 0 unspecified atom stereocenters. The third-order valence-corrected chi connectivity index (χ3v) is 3.50. The number of amides is 1. The Hall–Kier alpha value is -2.96. The van der Waals surface area contributed by atoms with Gasteiger partial charge in [0.15, 0.2) is 0 Å². The first-order valence-corrected chi connectivity index (χ1v) is 7.85. The van der Waals surface area contributed by atoms with Crippen molar-refractivity contribution >= 4 is 17.4 Å². The van der Waals surface area contributed by atoms with E-state index in [0.29, 0.717) is 17.4 Å². The van der Waals surface area contributed by atoms with Crippen LogP contribution in [0.2, 0.25) is 0 Å². The number of benzene rings is 1. The van der Waals surface area contributed by atoms with Crippen LogP contribution in [0.1, 0.15) is 26.5 Å². The number of nitrogens with zero attached hydrogens (tertiary/aromatic N) is 4. The summed E-state index contributed by atoms with van der Waals surface area (Å²) in [6.45, 7) is 5.72. The second-order valence-electron chi connectivity index (χ2n) is 5.68. The average Bonchev–Trinajstić information content (AvgIpc) is 3.05. The Kier molecular flexibility index (Phi) is 4.41. The van der Waals surface area contributed by atoms with E-state index >= 15 is 0 Å². The van der Waals surface area contributed by atoms with Gasteiger partial charge in [0.1, 0.15) is 12.1 Å². The highest BCUT2D eigenvalue weighted by Crippen LogP contribution is 2.24. The monoisotopic (exact) mass is 325 g/mol. The predicted molar refractivity (Wildman–Crippen MR) is 90.1 cm³/mol. The number of rotatable bonds is 5. The first-order valence-electron chi connectivity index (χ1n) is 7.85. The van der Waals surface area contributed by atoms with Gasteiger partial charge in [-0.15, -0.1) is 0 Å². The van der Waals surface area contributed by atoms with Crippen molar-refractivity contribution in [1.29, 1.82) is 0 Å². The van der Waals surface area contributed by atoms with Gasteiger partial charge in [-0.2, -0.15) is 14.6 Å². The third kappa shape index (κ3) is 3.34. The zero-order chi connectivity index (χ0) is 17.1. The minimum absolute atomic E-state index is 0.0188. The molecule has 0 radical (unpaired) electrons. The van der Waals surface area contributed by atoms with Gasteiger partial charge in [-0.25, -0.2) is 4.98 Å². The topological polar surface area (TPSA) is 81.4 Å². The fourth-order valence-electron chi connectivity index (χ4n) is 2.10. The molecule has 0 aliphatic rings. The lowest BCUT2D eigenvalue weighted by Crippen LogP contribution is -2.17. The fourth-order valence-corrected chi connectivity index (χ4v) is 2.10. The molecule has 124 valence electrons. The smallest absolute Gasteiger partial charge is 0.255 e. The van der Waals surface area contributed by atoms with Crippen LogP contribution in [0.5, 0.6) is 11.6 Å². The van der Waals surface area contributed by atoms with E-state index in [4.69, 9.17) is 4.74 Å². The van der Waals surface area contributed by atoms with E-state index in [1.807, 2.05) is 26.8 Å². The lowest BCUT2D eigenvalue weighted by Gasteiger charge is -2.10. The molecule has 0 fully saturated rings. The fraction of sp³-hybridized carbons (Fsp3) is 0.294. The van der Waals surface area contributed by atoms with Crippen molar-refractivity contribution < 1.29 is 9.53 Å². The number of anilines is 1. The molecule has 1 amide bonds. The molecule has 0 aliphatic heterocycles. The molecular weight excluding hydrogens is 306 g/mol. The number of nitrogens with one attached hydrogen (secondary N) is 1. The molecule has 3 rings (SSSR count). The summed E-state index contributed by atoms with van der Waals surface area (Å²) < 4.78 is 7.46. The van der Waals surface area contributed by atoms with Gasteiger partial charge in [0.05, 0.1) is 0 Å². The van der Waals surface area contributed by atoms with E-state index < -0.39 is 0 Å². The highest BCUT2D eigenvalue weighted by molar-refractivity contribution is 5.92. The maximum Gasteiger partial charge on any atom is 0.255 e. The van der Waals surface area contributed by atoms with E-state index in [0.717, 1.165) is 17.8 Å². The van der Waals surface area contributed by atoms with Crippen LogP contribution in [0.4, 0.5) is 5.69 Å². The van der Waals surface area contributed by atoms with Crippen LogP contribution < -0.4 is 10.1 Å². The largest absolute Gasteiger partial charge is 0.439 e. The molecule has 7 heteroatoms. The molecule has 1 aromatic carbocycles. The van der Waals surface area contributed by atoms with Gasteiger partial charge >= 0.3 is 0 Å². The number of aromatic nitrogens is 4. The van der Waals surface area contributed by atoms with Crippen molar-refractivity contribution in [3.63, 3.8) is 0 Å². The summed E-state index contributed by atoms with van der Waals surface area (Å²) in [7, 11) is 0. The molecule has 0 bridgehead atoms. The third-order valence-electron chi connectivity index (χ3n) is 3.50. The average molecular weight is 325 g/mol. The lowest BCUT2D eigenvalue weighted by molar-refractivity contribution is -0.118. The van der Waals surface area contributed by atoms with Gasteiger partial charge in [-0.3, -0.25) is 4.79 Å².